The minimum Gasteiger partial charge on any atom is -0.488 e. The number of aliphatic carboxylic acids is 1. The fraction of sp³-hybridized carbons (Fsp3) is 0.481. The summed E-state index contributed by atoms with van der Waals surface area (Å²) in [5.41, 5.74) is -0.00378. The zero-order valence-electron chi connectivity index (χ0n) is 21.9. The number of carbonyl (C=O) groups is 3. The van der Waals surface area contributed by atoms with Crippen LogP contribution in [0.2, 0.25) is 5.15 Å². The lowest BCUT2D eigenvalue weighted by Crippen LogP contribution is -2.57. The van der Waals surface area contributed by atoms with E-state index in [0.717, 1.165) is 5.56 Å². The number of pyridine rings is 1. The molecule has 200 valence electrons. The van der Waals surface area contributed by atoms with E-state index in [-0.39, 0.29) is 18.1 Å². The Morgan fingerprint density at radius 3 is 2.32 bits per heavy atom. The maximum Gasteiger partial charge on any atom is 0.408 e. The average molecular weight is 532 g/mol. The van der Waals surface area contributed by atoms with Crippen LogP contribution in [0.5, 0.6) is 5.75 Å². The third-order valence-corrected chi connectivity index (χ3v) is 5.94. The van der Waals surface area contributed by atoms with E-state index in [4.69, 9.17) is 21.1 Å². The number of carboxylic acid groups (broad SMARTS) is 1. The van der Waals surface area contributed by atoms with E-state index in [2.05, 4.69) is 10.3 Å². The monoisotopic (exact) mass is 531 g/mol. The van der Waals surface area contributed by atoms with Crippen molar-refractivity contribution < 1.29 is 29.0 Å². The molecule has 3 atom stereocenters. The van der Waals surface area contributed by atoms with Gasteiger partial charge in [-0.2, -0.15) is 0 Å². The molecule has 1 aromatic heterocycles. The van der Waals surface area contributed by atoms with E-state index in [1.165, 1.54) is 4.90 Å². The van der Waals surface area contributed by atoms with Gasteiger partial charge in [0.2, 0.25) is 5.91 Å². The molecule has 1 unspecified atom stereocenters. The van der Waals surface area contributed by atoms with Gasteiger partial charge in [0, 0.05) is 24.1 Å². The summed E-state index contributed by atoms with van der Waals surface area (Å²) in [6.45, 7) is 10.6. The first-order valence-corrected chi connectivity index (χ1v) is 12.4. The van der Waals surface area contributed by atoms with E-state index in [1.807, 2.05) is 30.3 Å². The van der Waals surface area contributed by atoms with Crippen molar-refractivity contribution in [3.63, 3.8) is 0 Å². The normalized spacial score (nSPS) is 18.7. The molecule has 0 saturated carbocycles. The lowest BCUT2D eigenvalue weighted by molar-refractivity contribution is -0.150. The Morgan fingerprint density at radius 1 is 1.11 bits per heavy atom. The number of rotatable bonds is 6. The number of halogens is 1. The van der Waals surface area contributed by atoms with Crippen molar-refractivity contribution >= 4 is 29.6 Å². The second-order valence-corrected chi connectivity index (χ2v) is 11.5. The number of likely N-dealkylation sites (tertiary alicyclic amines) is 1. The van der Waals surface area contributed by atoms with Gasteiger partial charge in [-0.3, -0.25) is 4.79 Å². The summed E-state index contributed by atoms with van der Waals surface area (Å²) in [5, 5.41) is 12.7. The molecule has 1 aliphatic heterocycles. The first-order chi connectivity index (χ1) is 17.1. The van der Waals surface area contributed by atoms with E-state index < -0.39 is 47.2 Å². The molecular weight excluding hydrogens is 498 g/mol. The summed E-state index contributed by atoms with van der Waals surface area (Å²) in [7, 11) is 0. The van der Waals surface area contributed by atoms with Gasteiger partial charge in [0.05, 0.1) is 12.2 Å². The number of benzene rings is 1. The van der Waals surface area contributed by atoms with Gasteiger partial charge >= 0.3 is 12.1 Å². The Balaban J connectivity index is 1.81. The van der Waals surface area contributed by atoms with E-state index >= 15 is 0 Å². The van der Waals surface area contributed by atoms with Gasteiger partial charge in [-0.15, -0.1) is 0 Å². The van der Waals surface area contributed by atoms with E-state index in [0.29, 0.717) is 11.4 Å². The number of aromatic nitrogens is 1. The minimum atomic E-state index is -1.15. The first-order valence-electron chi connectivity index (χ1n) is 12.1. The van der Waals surface area contributed by atoms with Crippen molar-refractivity contribution in [1.29, 1.82) is 0 Å². The summed E-state index contributed by atoms with van der Waals surface area (Å²) < 4.78 is 11.4. The van der Waals surface area contributed by atoms with Crippen LogP contribution in [-0.2, 0) is 14.3 Å². The molecule has 1 aliphatic rings. The SMILES string of the molecule is CC(C)(C)OC(=O)N[C@H](C(=O)N1CC(Oc2cc(Cl)nc(-c3ccccc3)c2)C[C@H]1C(=O)O)C(C)(C)C. The highest BCUT2D eigenvalue weighted by atomic mass is 35.5. The molecule has 2 N–H and O–H groups in total. The summed E-state index contributed by atoms with van der Waals surface area (Å²) in [6, 6.07) is 10.6. The summed E-state index contributed by atoms with van der Waals surface area (Å²) in [4.78, 5) is 43.8. The number of carboxylic acids is 1. The van der Waals surface area contributed by atoms with Gasteiger partial charge in [0.25, 0.3) is 0 Å². The van der Waals surface area contributed by atoms with E-state index in [1.54, 1.807) is 53.7 Å². The van der Waals surface area contributed by atoms with Crippen molar-refractivity contribution in [3.05, 3.63) is 47.6 Å². The number of nitrogens with zero attached hydrogens (tertiary/aromatic N) is 2. The predicted molar refractivity (Wildman–Crippen MR) is 139 cm³/mol. The summed E-state index contributed by atoms with van der Waals surface area (Å²) >= 11 is 6.23. The van der Waals surface area contributed by atoms with Crippen molar-refractivity contribution in [2.45, 2.75) is 71.8 Å². The van der Waals surface area contributed by atoms with E-state index in [9.17, 15) is 19.5 Å². The molecule has 1 saturated heterocycles. The van der Waals surface area contributed by atoms with Crippen LogP contribution in [0.15, 0.2) is 42.5 Å². The molecule has 0 spiro atoms. The number of alkyl carbamates (subject to hydrolysis) is 1. The molecule has 2 amide bonds. The predicted octanol–water partition coefficient (Wildman–Crippen LogP) is 4.77. The Labute approximate surface area is 222 Å². The van der Waals surface area contributed by atoms with Crippen LogP contribution < -0.4 is 10.1 Å². The maximum absolute atomic E-state index is 13.6. The van der Waals surface area contributed by atoms with Crippen molar-refractivity contribution in [2.75, 3.05) is 6.54 Å². The molecule has 2 aromatic rings. The molecular formula is C27H34ClN3O6. The van der Waals surface area contributed by atoms with Crippen LogP contribution in [0.3, 0.4) is 0 Å². The fourth-order valence-corrected chi connectivity index (χ4v) is 4.29. The van der Waals surface area contributed by atoms with Crippen molar-refractivity contribution in [1.82, 2.24) is 15.2 Å². The highest BCUT2D eigenvalue weighted by Gasteiger charge is 2.46. The third kappa shape index (κ3) is 7.58. The molecule has 2 heterocycles. The smallest absolute Gasteiger partial charge is 0.408 e. The number of hydrogen-bond acceptors (Lipinski definition) is 6. The van der Waals surface area contributed by atoms with Gasteiger partial charge in [0.15, 0.2) is 0 Å². The number of nitrogens with one attached hydrogen (secondary N) is 1. The number of carbonyl (C=O) groups excluding carboxylic acids is 2. The number of amides is 2. The third-order valence-electron chi connectivity index (χ3n) is 5.74. The van der Waals surface area contributed by atoms with Gasteiger partial charge in [-0.1, -0.05) is 62.7 Å². The van der Waals surface area contributed by atoms with Crippen LogP contribution >= 0.6 is 11.6 Å². The molecule has 0 bridgehead atoms. The molecule has 10 heteroatoms. The molecule has 0 aliphatic carbocycles. The Hall–Kier alpha value is -3.33. The highest BCUT2D eigenvalue weighted by Crippen LogP contribution is 2.31. The second-order valence-electron chi connectivity index (χ2n) is 11.1. The molecule has 9 nitrogen and oxygen atoms in total. The van der Waals surface area contributed by atoms with Crippen LogP contribution in [-0.4, -0.2) is 63.3 Å². The highest BCUT2D eigenvalue weighted by molar-refractivity contribution is 6.29. The van der Waals surface area contributed by atoms with Crippen LogP contribution in [0.25, 0.3) is 11.3 Å². The van der Waals surface area contributed by atoms with Crippen molar-refractivity contribution in [3.8, 4) is 17.0 Å². The Bertz CT molecular complexity index is 1140. The zero-order chi connectivity index (χ0) is 27.5. The van der Waals surface area contributed by atoms with Crippen LogP contribution in [0.4, 0.5) is 4.79 Å². The average Bonchev–Trinajstić information content (AvgIpc) is 3.19. The van der Waals surface area contributed by atoms with Crippen LogP contribution in [0.1, 0.15) is 48.0 Å². The summed E-state index contributed by atoms with van der Waals surface area (Å²) in [6.07, 6.45) is -1.28. The summed E-state index contributed by atoms with van der Waals surface area (Å²) in [5.74, 6) is -1.25. The molecule has 3 rings (SSSR count). The first kappa shape index (κ1) is 28.2. The molecule has 1 fully saturated rings. The number of hydrogen-bond donors (Lipinski definition) is 2. The van der Waals surface area contributed by atoms with Gasteiger partial charge in [-0.05, 0) is 26.2 Å². The molecule has 37 heavy (non-hydrogen) atoms. The lowest BCUT2D eigenvalue weighted by atomic mass is 9.85. The minimum absolute atomic E-state index is 0.0268. The standard InChI is InChI=1S/C27H34ClN3O6/c1-26(2,3)22(30-25(35)37-27(4,5)6)23(32)31-15-18(13-20(31)24(33)34)36-17-12-19(29-21(28)14-17)16-10-8-7-9-11-16/h7-12,14,18,20,22H,13,15H2,1-6H3,(H,30,35)(H,33,34)/t18?,20-,22+/m0/s1. The fourth-order valence-electron chi connectivity index (χ4n) is 4.09. The second kappa shape index (κ2) is 11.0. The quantitative estimate of drug-likeness (QED) is 0.515. The lowest BCUT2D eigenvalue weighted by Gasteiger charge is -2.35. The molecule has 1 aromatic carbocycles. The topological polar surface area (TPSA) is 118 Å². The van der Waals surface area contributed by atoms with Gasteiger partial charge in [-0.25, -0.2) is 14.6 Å². The Morgan fingerprint density at radius 2 is 1.76 bits per heavy atom. The van der Waals surface area contributed by atoms with Gasteiger partial charge < -0.3 is 24.8 Å². The van der Waals surface area contributed by atoms with Gasteiger partial charge in [0.1, 0.15) is 34.7 Å². The maximum atomic E-state index is 13.6. The van der Waals surface area contributed by atoms with Crippen LogP contribution in [0, 0.1) is 5.41 Å². The van der Waals surface area contributed by atoms with Crippen molar-refractivity contribution in [2.24, 2.45) is 5.41 Å². The Kier molecular flexibility index (Phi) is 8.37. The largest absolute Gasteiger partial charge is 0.488 e. The molecule has 0 radical (unpaired) electrons. The zero-order valence-corrected chi connectivity index (χ0v) is 22.7. The number of ether oxygens (including phenoxy) is 2.